The van der Waals surface area contributed by atoms with Crippen molar-refractivity contribution in [3.8, 4) is 0 Å². The Labute approximate surface area is 90.3 Å². The van der Waals surface area contributed by atoms with Gasteiger partial charge in [-0.2, -0.15) is 11.8 Å². The van der Waals surface area contributed by atoms with Gasteiger partial charge in [-0.05, 0) is 26.1 Å². The van der Waals surface area contributed by atoms with E-state index in [0.717, 1.165) is 19.5 Å². The number of hydrogen-bond acceptors (Lipinski definition) is 3. The number of imidazole rings is 1. The number of aryl methyl sites for hydroxylation is 1. The van der Waals surface area contributed by atoms with E-state index in [9.17, 15) is 0 Å². The maximum absolute atomic E-state index is 4.00. The molecule has 1 N–H and O–H groups in total. The summed E-state index contributed by atoms with van der Waals surface area (Å²) in [6.45, 7) is 4.37. The van der Waals surface area contributed by atoms with Crippen LogP contribution in [0.1, 0.15) is 13.3 Å². The van der Waals surface area contributed by atoms with Crippen LogP contribution in [0.15, 0.2) is 18.7 Å². The SMILES string of the molecule is CSCC(C)NCCCn1ccnc1. The van der Waals surface area contributed by atoms with Gasteiger partial charge in [-0.1, -0.05) is 0 Å². The number of nitrogens with zero attached hydrogens (tertiary/aromatic N) is 2. The molecule has 0 spiro atoms. The van der Waals surface area contributed by atoms with Gasteiger partial charge in [-0.3, -0.25) is 0 Å². The fourth-order valence-electron chi connectivity index (χ4n) is 1.34. The molecule has 0 aliphatic carbocycles. The van der Waals surface area contributed by atoms with E-state index in [1.165, 1.54) is 5.75 Å². The Kier molecular flexibility index (Phi) is 5.71. The van der Waals surface area contributed by atoms with Gasteiger partial charge in [0.25, 0.3) is 0 Å². The van der Waals surface area contributed by atoms with Gasteiger partial charge in [0.2, 0.25) is 0 Å². The predicted octanol–water partition coefficient (Wildman–Crippen LogP) is 1.61. The Morgan fingerprint density at radius 1 is 1.57 bits per heavy atom. The van der Waals surface area contributed by atoms with Crippen molar-refractivity contribution in [3.63, 3.8) is 0 Å². The highest BCUT2D eigenvalue weighted by molar-refractivity contribution is 7.98. The van der Waals surface area contributed by atoms with Gasteiger partial charge < -0.3 is 9.88 Å². The lowest BCUT2D eigenvalue weighted by Crippen LogP contribution is -2.29. The van der Waals surface area contributed by atoms with Crippen LogP contribution in [0.25, 0.3) is 0 Å². The van der Waals surface area contributed by atoms with Crippen molar-refractivity contribution in [1.29, 1.82) is 0 Å². The van der Waals surface area contributed by atoms with Crippen LogP contribution in [0.3, 0.4) is 0 Å². The molecule has 0 amide bonds. The highest BCUT2D eigenvalue weighted by Gasteiger charge is 1.98. The second-order valence-corrected chi connectivity index (χ2v) is 4.38. The molecule has 0 aromatic carbocycles. The molecule has 1 atom stereocenters. The first-order valence-electron chi connectivity index (χ1n) is 5.01. The summed E-state index contributed by atoms with van der Waals surface area (Å²) in [5, 5.41) is 3.49. The van der Waals surface area contributed by atoms with Gasteiger partial charge in [-0.25, -0.2) is 4.98 Å². The Hall–Kier alpha value is -0.480. The lowest BCUT2D eigenvalue weighted by atomic mass is 10.3. The Balaban J connectivity index is 1.99. The van der Waals surface area contributed by atoms with Crippen LogP contribution >= 0.6 is 11.8 Å². The van der Waals surface area contributed by atoms with Crippen molar-refractivity contribution < 1.29 is 0 Å². The molecule has 3 nitrogen and oxygen atoms in total. The van der Waals surface area contributed by atoms with Gasteiger partial charge in [0, 0.05) is 30.7 Å². The summed E-state index contributed by atoms with van der Waals surface area (Å²) in [4.78, 5) is 4.00. The van der Waals surface area contributed by atoms with Crippen molar-refractivity contribution >= 4 is 11.8 Å². The Bertz CT molecular complexity index is 223. The number of thioether (sulfide) groups is 1. The third-order valence-electron chi connectivity index (χ3n) is 2.06. The van der Waals surface area contributed by atoms with E-state index in [4.69, 9.17) is 0 Å². The first kappa shape index (κ1) is 11.6. The van der Waals surface area contributed by atoms with Gasteiger partial charge >= 0.3 is 0 Å². The second-order valence-electron chi connectivity index (χ2n) is 3.46. The van der Waals surface area contributed by atoms with E-state index >= 15 is 0 Å². The molecular weight excluding hydrogens is 194 g/mol. The normalized spacial score (nSPS) is 13.0. The zero-order valence-electron chi connectivity index (χ0n) is 8.94. The van der Waals surface area contributed by atoms with Gasteiger partial charge in [0.1, 0.15) is 0 Å². The van der Waals surface area contributed by atoms with Gasteiger partial charge in [0.05, 0.1) is 6.33 Å². The molecule has 1 unspecified atom stereocenters. The summed E-state index contributed by atoms with van der Waals surface area (Å²) in [5.41, 5.74) is 0. The van der Waals surface area contributed by atoms with Crippen LogP contribution in [-0.4, -0.2) is 34.1 Å². The second kappa shape index (κ2) is 6.90. The van der Waals surface area contributed by atoms with Gasteiger partial charge in [0.15, 0.2) is 0 Å². The van der Waals surface area contributed by atoms with E-state index in [2.05, 4.69) is 28.0 Å². The maximum atomic E-state index is 4.00. The standard InChI is InChI=1S/C10H19N3S/c1-10(8-14-2)12-4-3-6-13-7-5-11-9-13/h5,7,9-10,12H,3-4,6,8H2,1-2H3. The van der Waals surface area contributed by atoms with Crippen molar-refractivity contribution in [1.82, 2.24) is 14.9 Å². The molecule has 1 aromatic rings. The van der Waals surface area contributed by atoms with Crippen LogP contribution in [0, 0.1) is 0 Å². The molecule has 0 aliphatic rings. The zero-order valence-corrected chi connectivity index (χ0v) is 9.76. The van der Waals surface area contributed by atoms with Crippen LogP contribution in [0.4, 0.5) is 0 Å². The van der Waals surface area contributed by atoms with Crippen molar-refractivity contribution in [3.05, 3.63) is 18.7 Å². The average molecular weight is 213 g/mol. The van der Waals surface area contributed by atoms with Crippen LogP contribution in [-0.2, 0) is 6.54 Å². The first-order valence-corrected chi connectivity index (χ1v) is 6.40. The number of aromatic nitrogens is 2. The molecule has 0 bridgehead atoms. The first-order chi connectivity index (χ1) is 6.83. The molecule has 0 saturated carbocycles. The molecule has 14 heavy (non-hydrogen) atoms. The minimum atomic E-state index is 0.618. The smallest absolute Gasteiger partial charge is 0.0945 e. The highest BCUT2D eigenvalue weighted by Crippen LogP contribution is 1.96. The number of nitrogens with one attached hydrogen (secondary N) is 1. The lowest BCUT2D eigenvalue weighted by molar-refractivity contribution is 0.539. The summed E-state index contributed by atoms with van der Waals surface area (Å²) in [5.74, 6) is 1.19. The minimum Gasteiger partial charge on any atom is -0.337 e. The number of rotatable bonds is 7. The molecule has 80 valence electrons. The molecule has 1 rings (SSSR count). The lowest BCUT2D eigenvalue weighted by Gasteiger charge is -2.11. The van der Waals surface area contributed by atoms with E-state index in [1.807, 2.05) is 30.5 Å². The van der Waals surface area contributed by atoms with Gasteiger partial charge in [-0.15, -0.1) is 0 Å². The van der Waals surface area contributed by atoms with Crippen LogP contribution < -0.4 is 5.32 Å². The zero-order chi connectivity index (χ0) is 10.2. The third kappa shape index (κ3) is 4.67. The van der Waals surface area contributed by atoms with Crippen molar-refractivity contribution in [2.75, 3.05) is 18.6 Å². The number of hydrogen-bond donors (Lipinski definition) is 1. The minimum absolute atomic E-state index is 0.618. The van der Waals surface area contributed by atoms with Crippen molar-refractivity contribution in [2.45, 2.75) is 25.9 Å². The Morgan fingerprint density at radius 3 is 3.07 bits per heavy atom. The summed E-state index contributed by atoms with van der Waals surface area (Å²) < 4.78 is 2.11. The largest absolute Gasteiger partial charge is 0.337 e. The fraction of sp³-hybridized carbons (Fsp3) is 0.700. The van der Waals surface area contributed by atoms with E-state index in [0.29, 0.717) is 6.04 Å². The molecule has 0 saturated heterocycles. The topological polar surface area (TPSA) is 29.9 Å². The molecule has 0 radical (unpaired) electrons. The summed E-state index contributed by atoms with van der Waals surface area (Å²) >= 11 is 1.89. The Morgan fingerprint density at radius 2 is 2.43 bits per heavy atom. The van der Waals surface area contributed by atoms with Crippen molar-refractivity contribution in [2.24, 2.45) is 0 Å². The van der Waals surface area contributed by atoms with Crippen LogP contribution in [0.5, 0.6) is 0 Å². The fourth-order valence-corrected chi connectivity index (χ4v) is 1.96. The van der Waals surface area contributed by atoms with Crippen LogP contribution in [0.2, 0.25) is 0 Å². The third-order valence-corrected chi connectivity index (χ3v) is 2.90. The quantitative estimate of drug-likeness (QED) is 0.698. The maximum Gasteiger partial charge on any atom is 0.0945 e. The monoisotopic (exact) mass is 213 g/mol. The molecule has 0 fully saturated rings. The summed E-state index contributed by atoms with van der Waals surface area (Å²) in [6.07, 6.45) is 9.00. The highest BCUT2D eigenvalue weighted by atomic mass is 32.2. The molecule has 4 heteroatoms. The summed E-state index contributed by atoms with van der Waals surface area (Å²) in [6, 6.07) is 0.618. The van der Waals surface area contributed by atoms with E-state index < -0.39 is 0 Å². The van der Waals surface area contributed by atoms with E-state index in [-0.39, 0.29) is 0 Å². The molecule has 1 aromatic heterocycles. The average Bonchev–Trinajstić information content (AvgIpc) is 2.65. The predicted molar refractivity (Wildman–Crippen MR) is 62.7 cm³/mol. The molecule has 1 heterocycles. The van der Waals surface area contributed by atoms with E-state index in [1.54, 1.807) is 0 Å². The summed E-state index contributed by atoms with van der Waals surface area (Å²) in [7, 11) is 0. The molecular formula is C10H19N3S. The molecule has 0 aliphatic heterocycles.